The summed E-state index contributed by atoms with van der Waals surface area (Å²) in [6, 6.07) is 15.6. The molecular formula is C22H21N5O2. The van der Waals surface area contributed by atoms with Gasteiger partial charge in [-0.15, -0.1) is 0 Å². The lowest BCUT2D eigenvalue weighted by molar-refractivity contribution is -0.114. The second-order valence-corrected chi connectivity index (χ2v) is 7.01. The van der Waals surface area contributed by atoms with Gasteiger partial charge in [0.05, 0.1) is 11.3 Å². The molecule has 146 valence electrons. The van der Waals surface area contributed by atoms with Crippen LogP contribution in [0, 0.1) is 6.92 Å². The van der Waals surface area contributed by atoms with Gasteiger partial charge in [-0.3, -0.25) is 14.7 Å². The second kappa shape index (κ2) is 7.63. The maximum Gasteiger partial charge on any atom is 0.257 e. The Morgan fingerprint density at radius 3 is 2.55 bits per heavy atom. The van der Waals surface area contributed by atoms with Crippen LogP contribution in [-0.4, -0.2) is 22.0 Å². The van der Waals surface area contributed by atoms with Gasteiger partial charge in [-0.1, -0.05) is 18.2 Å². The van der Waals surface area contributed by atoms with Crippen LogP contribution < -0.4 is 16.0 Å². The van der Waals surface area contributed by atoms with Gasteiger partial charge in [-0.2, -0.15) is 5.10 Å². The first-order chi connectivity index (χ1) is 14.0. The Kier molecular flexibility index (Phi) is 4.87. The SMILES string of the molecule is CC(=O)Nc1ccc(Cc2ccc3c(c2)/C(=C/Nc2cc(C)n[nH]2)C(=O)N3)cc1. The van der Waals surface area contributed by atoms with Gasteiger partial charge in [0.2, 0.25) is 5.91 Å². The van der Waals surface area contributed by atoms with Gasteiger partial charge >= 0.3 is 0 Å². The third-order valence-corrected chi connectivity index (χ3v) is 4.63. The van der Waals surface area contributed by atoms with Crippen molar-refractivity contribution in [1.29, 1.82) is 0 Å². The van der Waals surface area contributed by atoms with Crippen molar-refractivity contribution < 1.29 is 9.59 Å². The summed E-state index contributed by atoms with van der Waals surface area (Å²) < 4.78 is 0. The molecule has 1 aliphatic heterocycles. The molecule has 4 N–H and O–H groups in total. The van der Waals surface area contributed by atoms with E-state index < -0.39 is 0 Å². The van der Waals surface area contributed by atoms with E-state index in [1.54, 1.807) is 6.20 Å². The molecule has 3 aromatic rings. The number of H-pyrrole nitrogens is 1. The van der Waals surface area contributed by atoms with Crippen molar-refractivity contribution in [3.05, 3.63) is 77.1 Å². The van der Waals surface area contributed by atoms with Gasteiger partial charge in [0.25, 0.3) is 5.91 Å². The van der Waals surface area contributed by atoms with Gasteiger partial charge in [0.1, 0.15) is 5.82 Å². The largest absolute Gasteiger partial charge is 0.346 e. The molecule has 0 saturated heterocycles. The topological polar surface area (TPSA) is 98.9 Å². The number of aromatic amines is 1. The number of aromatic nitrogens is 2. The number of nitrogens with one attached hydrogen (secondary N) is 4. The molecular weight excluding hydrogens is 366 g/mol. The average Bonchev–Trinajstić information content (AvgIpc) is 3.23. The van der Waals surface area contributed by atoms with Crippen LogP contribution in [0.5, 0.6) is 0 Å². The number of nitrogens with zero attached hydrogens (tertiary/aromatic N) is 1. The minimum Gasteiger partial charge on any atom is -0.346 e. The number of aryl methyl sites for hydroxylation is 1. The number of hydrogen-bond acceptors (Lipinski definition) is 4. The number of rotatable bonds is 5. The second-order valence-electron chi connectivity index (χ2n) is 7.01. The maximum absolute atomic E-state index is 12.4. The smallest absolute Gasteiger partial charge is 0.257 e. The van der Waals surface area contributed by atoms with Crippen molar-refractivity contribution in [1.82, 2.24) is 10.2 Å². The highest BCUT2D eigenvalue weighted by Gasteiger charge is 2.24. The van der Waals surface area contributed by atoms with Gasteiger partial charge < -0.3 is 16.0 Å². The molecule has 1 aliphatic rings. The van der Waals surface area contributed by atoms with E-state index in [0.717, 1.165) is 46.0 Å². The Balaban J connectivity index is 1.53. The lowest BCUT2D eigenvalue weighted by atomic mass is 9.99. The normalized spacial score (nSPS) is 13.9. The Morgan fingerprint density at radius 2 is 1.86 bits per heavy atom. The number of amides is 2. The fraction of sp³-hybridized carbons (Fsp3) is 0.136. The molecule has 29 heavy (non-hydrogen) atoms. The Bertz CT molecular complexity index is 1110. The number of hydrogen-bond donors (Lipinski definition) is 4. The van der Waals surface area contributed by atoms with Crippen molar-refractivity contribution in [2.45, 2.75) is 20.3 Å². The van der Waals surface area contributed by atoms with Crippen LogP contribution in [0.4, 0.5) is 17.2 Å². The molecule has 0 saturated carbocycles. The molecule has 2 heterocycles. The number of benzene rings is 2. The molecule has 2 amide bonds. The summed E-state index contributed by atoms with van der Waals surface area (Å²) in [5.41, 5.74) is 6.10. The molecule has 0 fully saturated rings. The molecule has 0 radical (unpaired) electrons. The molecule has 0 bridgehead atoms. The van der Waals surface area contributed by atoms with E-state index in [1.807, 2.05) is 55.5 Å². The summed E-state index contributed by atoms with van der Waals surface area (Å²) in [7, 11) is 0. The van der Waals surface area contributed by atoms with Gasteiger partial charge in [0.15, 0.2) is 0 Å². The van der Waals surface area contributed by atoms with Crippen LogP contribution in [-0.2, 0) is 16.0 Å². The summed E-state index contributed by atoms with van der Waals surface area (Å²) >= 11 is 0. The van der Waals surface area contributed by atoms with Gasteiger partial charge in [0, 0.05) is 36.1 Å². The number of carbonyl (C=O) groups is 2. The first-order valence-electron chi connectivity index (χ1n) is 9.28. The quantitative estimate of drug-likeness (QED) is 0.502. The highest BCUT2D eigenvalue weighted by molar-refractivity contribution is 6.31. The van der Waals surface area contributed by atoms with E-state index in [1.165, 1.54) is 6.92 Å². The summed E-state index contributed by atoms with van der Waals surface area (Å²) in [4.78, 5) is 23.5. The summed E-state index contributed by atoms with van der Waals surface area (Å²) in [6.45, 7) is 3.38. The van der Waals surface area contributed by atoms with E-state index in [4.69, 9.17) is 0 Å². The van der Waals surface area contributed by atoms with Gasteiger partial charge in [-0.05, 0) is 48.7 Å². The molecule has 1 aromatic heterocycles. The van der Waals surface area contributed by atoms with Gasteiger partial charge in [-0.25, -0.2) is 0 Å². The Labute approximate surface area is 168 Å². The van der Waals surface area contributed by atoms with Crippen molar-refractivity contribution in [2.75, 3.05) is 16.0 Å². The average molecular weight is 387 g/mol. The predicted octanol–water partition coefficient (Wildman–Crippen LogP) is 3.67. The summed E-state index contributed by atoms with van der Waals surface area (Å²) in [5.74, 6) is 0.499. The zero-order chi connectivity index (χ0) is 20.4. The fourth-order valence-electron chi connectivity index (χ4n) is 3.28. The molecule has 0 spiro atoms. The van der Waals surface area contributed by atoms with E-state index in [0.29, 0.717) is 5.57 Å². The molecule has 0 aliphatic carbocycles. The molecule has 0 atom stereocenters. The molecule has 0 unspecified atom stereocenters. The van der Waals surface area contributed by atoms with Crippen LogP contribution in [0.3, 0.4) is 0 Å². The van der Waals surface area contributed by atoms with Crippen LogP contribution >= 0.6 is 0 Å². The van der Waals surface area contributed by atoms with Crippen LogP contribution in [0.1, 0.15) is 29.3 Å². The third-order valence-electron chi connectivity index (χ3n) is 4.63. The lowest BCUT2D eigenvalue weighted by Gasteiger charge is -2.07. The monoisotopic (exact) mass is 387 g/mol. The highest BCUT2D eigenvalue weighted by Crippen LogP contribution is 2.33. The molecule has 4 rings (SSSR count). The van der Waals surface area contributed by atoms with Crippen LogP contribution in [0.2, 0.25) is 0 Å². The van der Waals surface area contributed by atoms with Crippen LogP contribution in [0.15, 0.2) is 54.7 Å². The first-order valence-corrected chi connectivity index (χ1v) is 9.28. The summed E-state index contributed by atoms with van der Waals surface area (Å²) in [5, 5.41) is 15.7. The summed E-state index contributed by atoms with van der Waals surface area (Å²) in [6.07, 6.45) is 2.42. The standard InChI is InChI=1S/C22H21N5O2/c1-13-9-21(27-26-13)23-12-19-18-11-16(5-8-20(18)25-22(19)29)10-15-3-6-17(7-4-15)24-14(2)28/h3-9,11-12H,10H2,1-2H3,(H,24,28)(H,25,29)(H2,23,26,27)/b19-12-. The van der Waals surface area contributed by atoms with Crippen molar-refractivity contribution in [3.8, 4) is 0 Å². The maximum atomic E-state index is 12.4. The Hall–Kier alpha value is -3.87. The Morgan fingerprint density at radius 1 is 1.10 bits per heavy atom. The van der Waals surface area contributed by atoms with Crippen molar-refractivity contribution >= 4 is 34.6 Å². The van der Waals surface area contributed by atoms with E-state index in [-0.39, 0.29) is 11.8 Å². The molecule has 7 heteroatoms. The number of anilines is 3. The lowest BCUT2D eigenvalue weighted by Crippen LogP contribution is -2.05. The number of fused-ring (bicyclic) bond motifs is 1. The first kappa shape index (κ1) is 18.5. The van der Waals surface area contributed by atoms with E-state index in [9.17, 15) is 9.59 Å². The zero-order valence-corrected chi connectivity index (χ0v) is 16.2. The highest BCUT2D eigenvalue weighted by atomic mass is 16.2. The molecule has 7 nitrogen and oxygen atoms in total. The van der Waals surface area contributed by atoms with E-state index in [2.05, 4.69) is 26.1 Å². The predicted molar refractivity (Wildman–Crippen MR) is 114 cm³/mol. The van der Waals surface area contributed by atoms with Crippen LogP contribution in [0.25, 0.3) is 5.57 Å². The van der Waals surface area contributed by atoms with E-state index >= 15 is 0 Å². The van der Waals surface area contributed by atoms with Crippen molar-refractivity contribution in [2.24, 2.45) is 0 Å². The minimum atomic E-state index is -0.138. The van der Waals surface area contributed by atoms with Crippen molar-refractivity contribution in [3.63, 3.8) is 0 Å². The number of carbonyl (C=O) groups excluding carboxylic acids is 2. The molecule has 2 aromatic carbocycles. The fourth-order valence-corrected chi connectivity index (χ4v) is 3.28. The minimum absolute atomic E-state index is 0.0910. The third kappa shape index (κ3) is 4.19. The zero-order valence-electron chi connectivity index (χ0n) is 16.2.